The van der Waals surface area contributed by atoms with Crippen LogP contribution in [0.5, 0.6) is 11.5 Å². The van der Waals surface area contributed by atoms with Crippen molar-refractivity contribution < 1.29 is 9.84 Å². The molecule has 84 valence electrons. The average Bonchev–Trinajstić information content (AvgIpc) is 2.57. The average molecular weight is 218 g/mol. The number of ether oxygens (including phenoxy) is 1. The van der Waals surface area contributed by atoms with Gasteiger partial charge in [0, 0.05) is 6.07 Å². The number of benzene rings is 1. The number of hydrogen-bond donors (Lipinski definition) is 1. The van der Waals surface area contributed by atoms with Crippen molar-refractivity contribution in [2.45, 2.75) is 13.8 Å². The Bertz CT molecular complexity index is 518. The quantitative estimate of drug-likeness (QED) is 0.840. The largest absolute Gasteiger partial charge is 0.504 e. The van der Waals surface area contributed by atoms with Gasteiger partial charge in [-0.3, -0.25) is 0 Å². The second kappa shape index (κ2) is 3.89. The van der Waals surface area contributed by atoms with E-state index in [-0.39, 0.29) is 5.75 Å². The maximum Gasteiger partial charge on any atom is 0.159 e. The molecule has 0 fully saturated rings. The first-order chi connectivity index (χ1) is 7.63. The number of aromatic nitrogens is 2. The molecule has 2 rings (SSSR count). The van der Waals surface area contributed by atoms with E-state index in [1.807, 2.05) is 31.2 Å². The minimum atomic E-state index is 0.239. The van der Waals surface area contributed by atoms with Gasteiger partial charge in [-0.05, 0) is 26.0 Å². The summed E-state index contributed by atoms with van der Waals surface area (Å²) in [4.78, 5) is 0. The molecule has 1 N–H and O–H groups in total. The molecular weight excluding hydrogens is 204 g/mol. The van der Waals surface area contributed by atoms with Crippen LogP contribution in [0, 0.1) is 13.8 Å². The standard InChI is InChI=1S/C12H14N2O2/c1-8-12(15)9(2)14(13-8)10-5-4-6-11(7-10)16-3/h4-7,15H,1-3H3. The van der Waals surface area contributed by atoms with Gasteiger partial charge in [-0.25, -0.2) is 4.68 Å². The van der Waals surface area contributed by atoms with E-state index in [9.17, 15) is 5.11 Å². The van der Waals surface area contributed by atoms with Crippen molar-refractivity contribution in [2.75, 3.05) is 7.11 Å². The molecule has 1 aromatic heterocycles. The molecule has 4 nitrogen and oxygen atoms in total. The summed E-state index contributed by atoms with van der Waals surface area (Å²) in [5, 5.41) is 14.0. The van der Waals surface area contributed by atoms with Crippen molar-refractivity contribution in [2.24, 2.45) is 0 Å². The normalized spacial score (nSPS) is 10.4. The highest BCUT2D eigenvalue weighted by Crippen LogP contribution is 2.24. The number of rotatable bonds is 2. The Labute approximate surface area is 94.1 Å². The molecule has 1 heterocycles. The van der Waals surface area contributed by atoms with Crippen LogP contribution in [0.25, 0.3) is 5.69 Å². The summed E-state index contributed by atoms with van der Waals surface area (Å²) in [6.45, 7) is 3.60. The van der Waals surface area contributed by atoms with Gasteiger partial charge >= 0.3 is 0 Å². The summed E-state index contributed by atoms with van der Waals surface area (Å²) in [5.41, 5.74) is 2.23. The minimum absolute atomic E-state index is 0.239. The number of aromatic hydroxyl groups is 1. The summed E-state index contributed by atoms with van der Waals surface area (Å²) in [7, 11) is 1.62. The van der Waals surface area contributed by atoms with E-state index in [0.717, 1.165) is 17.1 Å². The lowest BCUT2D eigenvalue weighted by molar-refractivity contribution is 0.414. The molecule has 0 saturated carbocycles. The predicted octanol–water partition coefficient (Wildman–Crippen LogP) is 2.20. The Morgan fingerprint density at radius 1 is 1.31 bits per heavy atom. The number of aryl methyl sites for hydroxylation is 1. The Morgan fingerprint density at radius 2 is 2.06 bits per heavy atom. The second-order valence-electron chi connectivity index (χ2n) is 3.63. The Morgan fingerprint density at radius 3 is 2.62 bits per heavy atom. The van der Waals surface area contributed by atoms with Crippen LogP contribution in [0.2, 0.25) is 0 Å². The lowest BCUT2D eigenvalue weighted by Gasteiger charge is -2.06. The van der Waals surface area contributed by atoms with E-state index >= 15 is 0 Å². The highest BCUT2D eigenvalue weighted by atomic mass is 16.5. The first-order valence-electron chi connectivity index (χ1n) is 5.03. The van der Waals surface area contributed by atoms with E-state index in [2.05, 4.69) is 5.10 Å². The lowest BCUT2D eigenvalue weighted by Crippen LogP contribution is -1.99. The van der Waals surface area contributed by atoms with Gasteiger partial charge in [-0.1, -0.05) is 6.07 Å². The second-order valence-corrected chi connectivity index (χ2v) is 3.63. The van der Waals surface area contributed by atoms with Gasteiger partial charge in [-0.2, -0.15) is 5.10 Å². The van der Waals surface area contributed by atoms with Crippen LogP contribution in [-0.2, 0) is 0 Å². The number of methoxy groups -OCH3 is 1. The smallest absolute Gasteiger partial charge is 0.159 e. The lowest BCUT2D eigenvalue weighted by atomic mass is 10.3. The highest BCUT2D eigenvalue weighted by molar-refractivity contribution is 5.43. The van der Waals surface area contributed by atoms with Gasteiger partial charge in [0.1, 0.15) is 11.4 Å². The van der Waals surface area contributed by atoms with Crippen molar-refractivity contribution in [3.05, 3.63) is 35.7 Å². The van der Waals surface area contributed by atoms with Gasteiger partial charge in [-0.15, -0.1) is 0 Å². The van der Waals surface area contributed by atoms with Gasteiger partial charge in [0.15, 0.2) is 5.75 Å². The zero-order valence-corrected chi connectivity index (χ0v) is 9.56. The van der Waals surface area contributed by atoms with Crippen LogP contribution < -0.4 is 4.74 Å². The Kier molecular flexibility index (Phi) is 2.56. The van der Waals surface area contributed by atoms with Crippen molar-refractivity contribution in [1.82, 2.24) is 9.78 Å². The predicted molar refractivity (Wildman–Crippen MR) is 61.3 cm³/mol. The molecule has 1 aromatic carbocycles. The van der Waals surface area contributed by atoms with Crippen molar-refractivity contribution in [3.63, 3.8) is 0 Å². The van der Waals surface area contributed by atoms with E-state index in [1.165, 1.54) is 0 Å². The minimum Gasteiger partial charge on any atom is -0.504 e. The van der Waals surface area contributed by atoms with Crippen molar-refractivity contribution in [3.8, 4) is 17.2 Å². The van der Waals surface area contributed by atoms with Crippen molar-refractivity contribution >= 4 is 0 Å². The third-order valence-corrected chi connectivity index (χ3v) is 2.55. The molecule has 0 aliphatic carbocycles. The molecule has 0 saturated heterocycles. The summed E-state index contributed by atoms with van der Waals surface area (Å²) in [6.07, 6.45) is 0. The van der Waals surface area contributed by atoms with Crippen molar-refractivity contribution in [1.29, 1.82) is 0 Å². The fraction of sp³-hybridized carbons (Fsp3) is 0.250. The maximum atomic E-state index is 9.70. The van der Waals surface area contributed by atoms with Crippen LogP contribution in [0.1, 0.15) is 11.4 Å². The molecule has 2 aromatic rings. The molecule has 0 atom stereocenters. The Hall–Kier alpha value is -1.97. The van der Waals surface area contributed by atoms with Crippen LogP contribution in [0.4, 0.5) is 0 Å². The maximum absolute atomic E-state index is 9.70. The zero-order chi connectivity index (χ0) is 11.7. The van der Waals surface area contributed by atoms with Gasteiger partial charge < -0.3 is 9.84 Å². The van der Waals surface area contributed by atoms with E-state index in [0.29, 0.717) is 5.69 Å². The molecule has 0 bridgehead atoms. The molecule has 0 aliphatic rings. The van der Waals surface area contributed by atoms with Gasteiger partial charge in [0.25, 0.3) is 0 Å². The fourth-order valence-electron chi connectivity index (χ4n) is 1.63. The zero-order valence-electron chi connectivity index (χ0n) is 9.56. The van der Waals surface area contributed by atoms with Crippen LogP contribution >= 0.6 is 0 Å². The fourth-order valence-corrected chi connectivity index (χ4v) is 1.63. The van der Waals surface area contributed by atoms with E-state index in [4.69, 9.17) is 4.74 Å². The summed E-state index contributed by atoms with van der Waals surface area (Å²) in [6, 6.07) is 7.55. The summed E-state index contributed by atoms with van der Waals surface area (Å²) < 4.78 is 6.85. The molecule has 0 amide bonds. The number of nitrogens with zero attached hydrogens (tertiary/aromatic N) is 2. The molecule has 16 heavy (non-hydrogen) atoms. The first-order valence-corrected chi connectivity index (χ1v) is 5.03. The third kappa shape index (κ3) is 1.62. The number of hydrogen-bond acceptors (Lipinski definition) is 3. The van der Waals surface area contributed by atoms with Crippen LogP contribution in [-0.4, -0.2) is 22.0 Å². The summed E-state index contributed by atoms with van der Waals surface area (Å²) in [5.74, 6) is 1.01. The third-order valence-electron chi connectivity index (χ3n) is 2.55. The molecule has 0 unspecified atom stereocenters. The van der Waals surface area contributed by atoms with Crippen LogP contribution in [0.3, 0.4) is 0 Å². The SMILES string of the molecule is COc1cccc(-n2nc(C)c(O)c2C)c1. The highest BCUT2D eigenvalue weighted by Gasteiger charge is 2.11. The molecule has 0 radical (unpaired) electrons. The van der Waals surface area contributed by atoms with E-state index < -0.39 is 0 Å². The molecule has 0 aliphatic heterocycles. The first kappa shape index (κ1) is 10.5. The van der Waals surface area contributed by atoms with E-state index in [1.54, 1.807) is 18.7 Å². The molecule has 0 spiro atoms. The Balaban J connectivity index is 2.54. The summed E-state index contributed by atoms with van der Waals surface area (Å²) >= 11 is 0. The monoisotopic (exact) mass is 218 g/mol. The van der Waals surface area contributed by atoms with Gasteiger partial charge in [0.2, 0.25) is 0 Å². The van der Waals surface area contributed by atoms with Gasteiger partial charge in [0.05, 0.1) is 18.5 Å². The van der Waals surface area contributed by atoms with Crippen LogP contribution in [0.15, 0.2) is 24.3 Å². The topological polar surface area (TPSA) is 47.3 Å². The molecular formula is C12H14N2O2. The molecule has 4 heteroatoms.